The molecular formula is C11H15ClN2O2. The van der Waals surface area contributed by atoms with E-state index in [2.05, 4.69) is 0 Å². The van der Waals surface area contributed by atoms with E-state index in [1.54, 1.807) is 18.2 Å². The van der Waals surface area contributed by atoms with Crippen LogP contribution in [0.3, 0.4) is 0 Å². The Labute approximate surface area is 101 Å². The number of hydrogen-bond donors (Lipinski definition) is 2. The van der Waals surface area contributed by atoms with Crippen LogP contribution in [0.25, 0.3) is 0 Å². The zero-order valence-electron chi connectivity index (χ0n) is 9.01. The summed E-state index contributed by atoms with van der Waals surface area (Å²) in [4.78, 5) is 0. The molecule has 0 heterocycles. The Bertz CT molecular complexity index is 377. The number of aromatic hydroxyl groups is 1. The number of para-hydroxylation sites is 1. The molecule has 0 aliphatic carbocycles. The quantitative estimate of drug-likeness (QED) is 0.848. The molecule has 0 saturated carbocycles. The van der Waals surface area contributed by atoms with E-state index in [1.165, 1.54) is 0 Å². The summed E-state index contributed by atoms with van der Waals surface area (Å²) < 4.78 is 5.22. The highest BCUT2D eigenvalue weighted by molar-refractivity contribution is 5.85. The molecule has 16 heavy (non-hydrogen) atoms. The monoisotopic (exact) mass is 242 g/mol. The van der Waals surface area contributed by atoms with Crippen LogP contribution in [-0.4, -0.2) is 11.7 Å². The molecule has 0 unspecified atom stereocenters. The van der Waals surface area contributed by atoms with Crippen LogP contribution in [0, 0.1) is 11.3 Å². The molecule has 0 amide bonds. The van der Waals surface area contributed by atoms with Gasteiger partial charge in [0.1, 0.15) is 0 Å². The van der Waals surface area contributed by atoms with Gasteiger partial charge in [-0.1, -0.05) is 12.1 Å². The normalized spacial score (nSPS) is 11.1. The van der Waals surface area contributed by atoms with Crippen LogP contribution in [-0.2, 0) is 0 Å². The molecular weight excluding hydrogens is 228 g/mol. The molecule has 0 aromatic heterocycles. The van der Waals surface area contributed by atoms with Gasteiger partial charge in [0.25, 0.3) is 0 Å². The lowest BCUT2D eigenvalue weighted by atomic mass is 10.0. The second-order valence-electron chi connectivity index (χ2n) is 3.10. The standard InChI is InChI=1S/C11H14N2O2.ClH/c1-2-15-10-5-3-4-8(11(10)14)9(13)6-7-12;/h3-5,9,14H,2,6,13H2,1H3;1H/t9-;/m1./s1. The molecule has 1 aromatic carbocycles. The van der Waals surface area contributed by atoms with Crippen molar-refractivity contribution in [1.29, 1.82) is 5.26 Å². The van der Waals surface area contributed by atoms with Gasteiger partial charge < -0.3 is 15.6 Å². The summed E-state index contributed by atoms with van der Waals surface area (Å²) in [6, 6.07) is 6.60. The molecule has 0 aliphatic heterocycles. The van der Waals surface area contributed by atoms with Crippen molar-refractivity contribution in [1.82, 2.24) is 0 Å². The Hall–Kier alpha value is -1.44. The topological polar surface area (TPSA) is 79.3 Å². The Balaban J connectivity index is 0.00000225. The Morgan fingerprint density at radius 1 is 1.56 bits per heavy atom. The van der Waals surface area contributed by atoms with Crippen LogP contribution in [0.1, 0.15) is 24.9 Å². The summed E-state index contributed by atoms with van der Waals surface area (Å²) in [5.74, 6) is 0.436. The second kappa shape index (κ2) is 6.94. The summed E-state index contributed by atoms with van der Waals surface area (Å²) >= 11 is 0. The van der Waals surface area contributed by atoms with E-state index in [0.717, 1.165) is 0 Å². The maximum atomic E-state index is 9.80. The lowest BCUT2D eigenvalue weighted by molar-refractivity contribution is 0.316. The minimum Gasteiger partial charge on any atom is -0.504 e. The lowest BCUT2D eigenvalue weighted by Crippen LogP contribution is -2.09. The van der Waals surface area contributed by atoms with E-state index < -0.39 is 6.04 Å². The van der Waals surface area contributed by atoms with Crippen LogP contribution in [0.2, 0.25) is 0 Å². The maximum absolute atomic E-state index is 9.80. The average Bonchev–Trinajstić information content (AvgIpc) is 2.22. The average molecular weight is 243 g/mol. The van der Waals surface area contributed by atoms with Gasteiger partial charge >= 0.3 is 0 Å². The number of ether oxygens (including phenoxy) is 1. The molecule has 4 nitrogen and oxygen atoms in total. The van der Waals surface area contributed by atoms with Gasteiger partial charge in [0.15, 0.2) is 11.5 Å². The third-order valence-corrected chi connectivity index (χ3v) is 2.04. The Morgan fingerprint density at radius 2 is 2.25 bits per heavy atom. The highest BCUT2D eigenvalue weighted by Gasteiger charge is 2.13. The summed E-state index contributed by atoms with van der Waals surface area (Å²) in [5.41, 5.74) is 6.28. The molecule has 0 bridgehead atoms. The molecule has 1 aromatic rings. The minimum atomic E-state index is -0.476. The van der Waals surface area contributed by atoms with Gasteiger partial charge in [0.05, 0.1) is 19.1 Å². The van der Waals surface area contributed by atoms with Crippen molar-refractivity contribution in [3.05, 3.63) is 23.8 Å². The number of phenols is 1. The molecule has 0 radical (unpaired) electrons. The molecule has 5 heteroatoms. The van der Waals surface area contributed by atoms with Crippen molar-refractivity contribution >= 4 is 12.4 Å². The first-order valence-electron chi connectivity index (χ1n) is 4.77. The number of hydrogen-bond acceptors (Lipinski definition) is 4. The van der Waals surface area contributed by atoms with Crippen LogP contribution < -0.4 is 10.5 Å². The second-order valence-corrected chi connectivity index (χ2v) is 3.10. The number of nitrogens with zero attached hydrogens (tertiary/aromatic N) is 1. The number of nitriles is 1. The van der Waals surface area contributed by atoms with Crippen molar-refractivity contribution in [2.75, 3.05) is 6.61 Å². The number of rotatable bonds is 4. The first-order chi connectivity index (χ1) is 7.20. The molecule has 88 valence electrons. The van der Waals surface area contributed by atoms with Crippen molar-refractivity contribution in [3.8, 4) is 17.6 Å². The number of benzene rings is 1. The lowest BCUT2D eigenvalue weighted by Gasteiger charge is -2.13. The van der Waals surface area contributed by atoms with Gasteiger partial charge in [0.2, 0.25) is 0 Å². The van der Waals surface area contributed by atoms with Gasteiger partial charge in [0, 0.05) is 11.6 Å². The van der Waals surface area contributed by atoms with Crippen LogP contribution in [0.4, 0.5) is 0 Å². The van der Waals surface area contributed by atoms with Gasteiger partial charge in [-0.15, -0.1) is 12.4 Å². The Morgan fingerprint density at radius 3 is 2.81 bits per heavy atom. The molecule has 3 N–H and O–H groups in total. The first kappa shape index (κ1) is 14.6. The van der Waals surface area contributed by atoms with E-state index in [0.29, 0.717) is 17.9 Å². The first-order valence-corrected chi connectivity index (χ1v) is 4.77. The highest BCUT2D eigenvalue weighted by atomic mass is 35.5. The fraction of sp³-hybridized carbons (Fsp3) is 0.364. The zero-order valence-corrected chi connectivity index (χ0v) is 9.83. The van der Waals surface area contributed by atoms with Crippen molar-refractivity contribution in [2.45, 2.75) is 19.4 Å². The summed E-state index contributed by atoms with van der Waals surface area (Å²) in [7, 11) is 0. The fourth-order valence-electron chi connectivity index (χ4n) is 1.32. The van der Waals surface area contributed by atoms with E-state index >= 15 is 0 Å². The van der Waals surface area contributed by atoms with E-state index in [4.69, 9.17) is 15.7 Å². The van der Waals surface area contributed by atoms with Crippen LogP contribution in [0.15, 0.2) is 18.2 Å². The largest absolute Gasteiger partial charge is 0.504 e. The third-order valence-electron chi connectivity index (χ3n) is 2.04. The molecule has 0 aliphatic rings. The van der Waals surface area contributed by atoms with Gasteiger partial charge in [-0.25, -0.2) is 0 Å². The third kappa shape index (κ3) is 3.30. The summed E-state index contributed by atoms with van der Waals surface area (Å²) in [6.45, 7) is 2.31. The fourth-order valence-corrected chi connectivity index (χ4v) is 1.32. The highest BCUT2D eigenvalue weighted by Crippen LogP contribution is 2.33. The number of phenolic OH excluding ortho intramolecular Hbond substituents is 1. The predicted octanol–water partition coefficient (Wildman–Crippen LogP) is 2.13. The van der Waals surface area contributed by atoms with Crippen LogP contribution >= 0.6 is 12.4 Å². The van der Waals surface area contributed by atoms with E-state index in [1.807, 2.05) is 13.0 Å². The molecule has 1 rings (SSSR count). The van der Waals surface area contributed by atoms with E-state index in [9.17, 15) is 5.11 Å². The molecule has 0 spiro atoms. The van der Waals surface area contributed by atoms with Crippen LogP contribution in [0.5, 0.6) is 11.5 Å². The predicted molar refractivity (Wildman–Crippen MR) is 63.7 cm³/mol. The van der Waals surface area contributed by atoms with Gasteiger partial charge in [-0.05, 0) is 13.0 Å². The molecule has 0 saturated heterocycles. The Kier molecular flexibility index (Phi) is 6.31. The number of halogens is 1. The van der Waals surface area contributed by atoms with Gasteiger partial charge in [-0.3, -0.25) is 0 Å². The molecule has 0 fully saturated rings. The summed E-state index contributed by atoms with van der Waals surface area (Å²) in [5, 5.41) is 18.3. The van der Waals surface area contributed by atoms with Gasteiger partial charge in [-0.2, -0.15) is 5.26 Å². The molecule has 1 atom stereocenters. The van der Waals surface area contributed by atoms with E-state index in [-0.39, 0.29) is 24.6 Å². The number of nitrogens with two attached hydrogens (primary N) is 1. The minimum absolute atomic E-state index is 0. The van der Waals surface area contributed by atoms with Crippen molar-refractivity contribution in [3.63, 3.8) is 0 Å². The van der Waals surface area contributed by atoms with Crippen molar-refractivity contribution in [2.24, 2.45) is 5.73 Å². The smallest absolute Gasteiger partial charge is 0.162 e. The maximum Gasteiger partial charge on any atom is 0.162 e. The van der Waals surface area contributed by atoms with Crippen molar-refractivity contribution < 1.29 is 9.84 Å². The SMILES string of the molecule is CCOc1cccc([C@H](N)CC#N)c1O.Cl. The summed E-state index contributed by atoms with van der Waals surface area (Å²) in [6.07, 6.45) is 0.170. The zero-order chi connectivity index (χ0) is 11.3.